The summed E-state index contributed by atoms with van der Waals surface area (Å²) < 4.78 is 44.8. The zero-order chi connectivity index (χ0) is 17.9. The van der Waals surface area contributed by atoms with Crippen molar-refractivity contribution < 1.29 is 27.5 Å². The minimum absolute atomic E-state index is 0.404. The first-order valence-corrected chi connectivity index (χ1v) is 7.41. The normalized spacial score (nSPS) is 11.7. The molecule has 0 aliphatic carbocycles. The lowest BCUT2D eigenvalue weighted by Gasteiger charge is -2.17. The van der Waals surface area contributed by atoms with Gasteiger partial charge in [-0.05, 0) is 29.8 Å². The van der Waals surface area contributed by atoms with Gasteiger partial charge < -0.3 is 10.1 Å². The van der Waals surface area contributed by atoms with E-state index in [1.807, 2.05) is 0 Å². The Bertz CT molecular complexity index is 758. The van der Waals surface area contributed by atoms with E-state index in [4.69, 9.17) is 0 Å². The van der Waals surface area contributed by atoms with Gasteiger partial charge in [0.1, 0.15) is 0 Å². The third kappa shape index (κ3) is 3.94. The van der Waals surface area contributed by atoms with Crippen LogP contribution in [0.25, 0.3) is 0 Å². The monoisotopic (exact) mass is 401 g/mol. The van der Waals surface area contributed by atoms with Crippen molar-refractivity contribution in [2.24, 2.45) is 0 Å². The number of halogens is 4. The molecule has 2 aromatic carbocycles. The van der Waals surface area contributed by atoms with E-state index in [-0.39, 0.29) is 0 Å². The first kappa shape index (κ1) is 18.0. The number of hydrogen-bond acceptors (Lipinski definition) is 3. The maximum atomic E-state index is 13.2. The molecule has 0 saturated heterocycles. The minimum Gasteiger partial charge on any atom is -0.467 e. The Morgan fingerprint density at radius 2 is 1.62 bits per heavy atom. The maximum Gasteiger partial charge on any atom is 0.333 e. The van der Waals surface area contributed by atoms with Crippen LogP contribution in [-0.4, -0.2) is 19.0 Å². The minimum atomic E-state index is -1.68. The molecule has 0 heterocycles. The number of esters is 1. The smallest absolute Gasteiger partial charge is 0.333 e. The molecule has 0 aliphatic rings. The number of rotatable bonds is 4. The average Bonchev–Trinajstić information content (AvgIpc) is 2.57. The second kappa shape index (κ2) is 7.48. The summed E-state index contributed by atoms with van der Waals surface area (Å²) in [6, 6.07) is 6.33. The molecule has 0 fully saturated rings. The van der Waals surface area contributed by atoms with Crippen molar-refractivity contribution in [3.63, 3.8) is 0 Å². The lowest BCUT2D eigenvalue weighted by Crippen LogP contribution is -2.34. The molecule has 8 heteroatoms. The summed E-state index contributed by atoms with van der Waals surface area (Å²) >= 11 is 3.24. The van der Waals surface area contributed by atoms with Crippen LogP contribution in [0.2, 0.25) is 0 Å². The van der Waals surface area contributed by atoms with Crippen LogP contribution in [0.3, 0.4) is 0 Å². The highest BCUT2D eigenvalue weighted by Gasteiger charge is 2.25. The molecule has 126 valence electrons. The van der Waals surface area contributed by atoms with Crippen LogP contribution in [0.15, 0.2) is 40.9 Å². The molecular formula is C16H11BrF3NO3. The number of hydrogen-bond donors (Lipinski definition) is 1. The fourth-order valence-electron chi connectivity index (χ4n) is 1.95. The molecule has 1 atom stereocenters. The molecular weight excluding hydrogens is 391 g/mol. The quantitative estimate of drug-likeness (QED) is 0.629. The van der Waals surface area contributed by atoms with Gasteiger partial charge in [0.15, 0.2) is 23.5 Å². The number of carbonyl (C=O) groups excluding carboxylic acids is 2. The average molecular weight is 402 g/mol. The Labute approximate surface area is 143 Å². The molecule has 1 N–H and O–H groups in total. The van der Waals surface area contributed by atoms with Gasteiger partial charge in [0.25, 0.3) is 5.91 Å². The molecule has 1 unspecified atom stereocenters. The summed E-state index contributed by atoms with van der Waals surface area (Å²) in [6.07, 6.45) is 0. The Morgan fingerprint density at radius 3 is 2.12 bits per heavy atom. The topological polar surface area (TPSA) is 55.4 Å². The zero-order valence-corrected chi connectivity index (χ0v) is 13.9. The van der Waals surface area contributed by atoms with Crippen LogP contribution in [0.5, 0.6) is 0 Å². The highest BCUT2D eigenvalue weighted by atomic mass is 79.9. The number of methoxy groups -OCH3 is 1. The molecule has 2 rings (SSSR count). The van der Waals surface area contributed by atoms with Gasteiger partial charge in [0.05, 0.1) is 7.11 Å². The van der Waals surface area contributed by atoms with Crippen LogP contribution in [0.1, 0.15) is 22.0 Å². The van der Waals surface area contributed by atoms with Crippen molar-refractivity contribution in [2.75, 3.05) is 7.11 Å². The number of nitrogens with one attached hydrogen (secondary N) is 1. The third-order valence-corrected chi connectivity index (χ3v) is 3.69. The molecule has 0 bridgehead atoms. The van der Waals surface area contributed by atoms with E-state index in [1.54, 1.807) is 24.3 Å². The van der Waals surface area contributed by atoms with E-state index in [0.29, 0.717) is 17.7 Å². The number of benzene rings is 2. The van der Waals surface area contributed by atoms with Gasteiger partial charge >= 0.3 is 5.97 Å². The van der Waals surface area contributed by atoms with Crippen molar-refractivity contribution in [3.8, 4) is 0 Å². The van der Waals surface area contributed by atoms with E-state index in [0.717, 1.165) is 11.6 Å². The molecule has 24 heavy (non-hydrogen) atoms. The van der Waals surface area contributed by atoms with Gasteiger partial charge in [0.2, 0.25) is 0 Å². The Hall–Kier alpha value is -2.35. The predicted octanol–water partition coefficient (Wildman–Crippen LogP) is 3.51. The van der Waals surface area contributed by atoms with E-state index in [9.17, 15) is 22.8 Å². The van der Waals surface area contributed by atoms with Crippen molar-refractivity contribution >= 4 is 27.8 Å². The lowest BCUT2D eigenvalue weighted by atomic mass is 10.1. The zero-order valence-electron chi connectivity index (χ0n) is 12.3. The van der Waals surface area contributed by atoms with E-state index in [1.165, 1.54) is 0 Å². The molecule has 0 saturated carbocycles. The summed E-state index contributed by atoms with van der Waals surface area (Å²) in [5.41, 5.74) is -0.0566. The van der Waals surface area contributed by atoms with Crippen LogP contribution in [0, 0.1) is 17.5 Å². The highest BCUT2D eigenvalue weighted by molar-refractivity contribution is 9.10. The van der Waals surface area contributed by atoms with Crippen LogP contribution in [0.4, 0.5) is 13.2 Å². The summed E-state index contributed by atoms with van der Waals surface area (Å²) in [7, 11) is 1.14. The molecule has 2 aromatic rings. The summed E-state index contributed by atoms with van der Waals surface area (Å²) in [5.74, 6) is -6.40. The first-order valence-electron chi connectivity index (χ1n) is 6.62. The molecule has 0 radical (unpaired) electrons. The Morgan fingerprint density at radius 1 is 1.08 bits per heavy atom. The predicted molar refractivity (Wildman–Crippen MR) is 82.7 cm³/mol. The highest BCUT2D eigenvalue weighted by Crippen LogP contribution is 2.20. The van der Waals surface area contributed by atoms with Gasteiger partial charge in [-0.2, -0.15) is 0 Å². The lowest BCUT2D eigenvalue weighted by molar-refractivity contribution is -0.143. The standard InChI is InChI=1S/C16H11BrF3NO3/c1-24-16(23)14(8-2-4-10(17)5-3-8)21-15(22)9-6-11(18)13(20)12(19)7-9/h2-7,14H,1H3,(H,21,22). The molecule has 0 aromatic heterocycles. The second-order valence-corrected chi connectivity index (χ2v) is 5.65. The third-order valence-electron chi connectivity index (χ3n) is 3.16. The largest absolute Gasteiger partial charge is 0.467 e. The number of amides is 1. The second-order valence-electron chi connectivity index (χ2n) is 4.74. The summed E-state index contributed by atoms with van der Waals surface area (Å²) in [5, 5.41) is 2.31. The van der Waals surface area contributed by atoms with Gasteiger partial charge in [-0.25, -0.2) is 18.0 Å². The Balaban J connectivity index is 2.31. The first-order chi connectivity index (χ1) is 11.3. The molecule has 1 amide bonds. The van der Waals surface area contributed by atoms with Crippen molar-refractivity contribution in [3.05, 3.63) is 69.4 Å². The fraction of sp³-hybridized carbons (Fsp3) is 0.125. The molecule has 4 nitrogen and oxygen atoms in total. The van der Waals surface area contributed by atoms with Crippen molar-refractivity contribution in [2.45, 2.75) is 6.04 Å². The van der Waals surface area contributed by atoms with E-state index >= 15 is 0 Å². The Kier molecular flexibility index (Phi) is 5.61. The van der Waals surface area contributed by atoms with Gasteiger partial charge in [-0.1, -0.05) is 28.1 Å². The fourth-order valence-corrected chi connectivity index (χ4v) is 2.22. The summed E-state index contributed by atoms with van der Waals surface area (Å²) in [4.78, 5) is 24.0. The van der Waals surface area contributed by atoms with Gasteiger partial charge in [-0.3, -0.25) is 4.79 Å². The van der Waals surface area contributed by atoms with E-state index < -0.39 is 40.9 Å². The van der Waals surface area contributed by atoms with Crippen LogP contribution in [-0.2, 0) is 9.53 Å². The number of ether oxygens (including phenoxy) is 1. The van der Waals surface area contributed by atoms with Gasteiger partial charge in [-0.15, -0.1) is 0 Å². The SMILES string of the molecule is COC(=O)C(NC(=O)c1cc(F)c(F)c(F)c1)c1ccc(Br)cc1. The van der Waals surface area contributed by atoms with Gasteiger partial charge in [0, 0.05) is 10.0 Å². The van der Waals surface area contributed by atoms with Crippen LogP contribution < -0.4 is 5.32 Å². The number of carbonyl (C=O) groups is 2. The molecule has 0 aliphatic heterocycles. The van der Waals surface area contributed by atoms with Crippen molar-refractivity contribution in [1.29, 1.82) is 0 Å². The van der Waals surface area contributed by atoms with Crippen LogP contribution >= 0.6 is 15.9 Å². The molecule has 0 spiro atoms. The van der Waals surface area contributed by atoms with Crippen molar-refractivity contribution in [1.82, 2.24) is 5.32 Å². The summed E-state index contributed by atoms with van der Waals surface area (Å²) in [6.45, 7) is 0. The maximum absolute atomic E-state index is 13.2. The van der Waals surface area contributed by atoms with E-state index in [2.05, 4.69) is 26.0 Å².